The van der Waals surface area contributed by atoms with E-state index in [0.717, 1.165) is 5.56 Å². The average molecular weight is 296 g/mol. The highest BCUT2D eigenvalue weighted by Crippen LogP contribution is 2.14. The van der Waals surface area contributed by atoms with Gasteiger partial charge in [-0.2, -0.15) is 5.26 Å². The lowest BCUT2D eigenvalue weighted by atomic mass is 10.2. The number of pyridine rings is 1. The number of nitriles is 1. The van der Waals surface area contributed by atoms with E-state index in [1.807, 2.05) is 24.3 Å². The van der Waals surface area contributed by atoms with Crippen LogP contribution in [0.25, 0.3) is 0 Å². The number of likely N-dealkylation sites (N-methyl/N-ethyl adjacent to an activating group) is 1. The molecule has 0 radical (unpaired) electrons. The molecule has 112 valence electrons. The molecule has 0 fully saturated rings. The van der Waals surface area contributed by atoms with E-state index in [4.69, 9.17) is 10.00 Å². The van der Waals surface area contributed by atoms with Gasteiger partial charge in [0.2, 0.25) is 0 Å². The number of benzene rings is 1. The number of carbonyl (C=O) groups excluding carboxylic acids is 1. The Morgan fingerprint density at radius 3 is 2.91 bits per heavy atom. The van der Waals surface area contributed by atoms with Crippen LogP contribution in [0.15, 0.2) is 42.6 Å². The standard InChI is InChI=1S/C16H16N4O2/c1-18-16(21)11-22-14-4-2-3-12(7-14)9-19-15-6-5-13(8-17)10-20-15/h2-7,10H,9,11H2,1H3,(H,18,21)(H,19,20). The van der Waals surface area contributed by atoms with Crippen LogP contribution in [-0.4, -0.2) is 24.5 Å². The third-order valence-corrected chi connectivity index (χ3v) is 2.91. The Morgan fingerprint density at radius 2 is 2.23 bits per heavy atom. The SMILES string of the molecule is CNC(=O)COc1cccc(CNc2ccc(C#N)cn2)c1. The molecule has 22 heavy (non-hydrogen) atoms. The van der Waals surface area contributed by atoms with Gasteiger partial charge in [-0.25, -0.2) is 4.98 Å². The summed E-state index contributed by atoms with van der Waals surface area (Å²) < 4.78 is 5.39. The molecule has 0 atom stereocenters. The second kappa shape index (κ2) is 7.64. The fourth-order valence-electron chi connectivity index (χ4n) is 1.72. The number of hydrogen-bond donors (Lipinski definition) is 2. The van der Waals surface area contributed by atoms with Crippen LogP contribution in [0.4, 0.5) is 5.82 Å². The van der Waals surface area contributed by atoms with Crippen molar-refractivity contribution in [2.75, 3.05) is 19.0 Å². The lowest BCUT2D eigenvalue weighted by Crippen LogP contribution is -2.24. The van der Waals surface area contributed by atoms with E-state index in [1.54, 1.807) is 25.2 Å². The van der Waals surface area contributed by atoms with E-state index in [9.17, 15) is 4.79 Å². The van der Waals surface area contributed by atoms with Gasteiger partial charge in [-0.05, 0) is 29.8 Å². The molecule has 2 rings (SSSR count). The van der Waals surface area contributed by atoms with Gasteiger partial charge < -0.3 is 15.4 Å². The molecule has 0 unspecified atom stereocenters. The normalized spacial score (nSPS) is 9.64. The number of hydrogen-bond acceptors (Lipinski definition) is 5. The summed E-state index contributed by atoms with van der Waals surface area (Å²) in [4.78, 5) is 15.3. The molecule has 0 aliphatic carbocycles. The summed E-state index contributed by atoms with van der Waals surface area (Å²) in [5, 5.41) is 14.4. The van der Waals surface area contributed by atoms with Gasteiger partial charge in [0.25, 0.3) is 5.91 Å². The van der Waals surface area contributed by atoms with Gasteiger partial charge in [0, 0.05) is 19.8 Å². The Kier molecular flexibility index (Phi) is 5.32. The first-order valence-electron chi connectivity index (χ1n) is 6.73. The molecule has 1 heterocycles. The zero-order valence-corrected chi connectivity index (χ0v) is 12.2. The average Bonchev–Trinajstić information content (AvgIpc) is 2.58. The van der Waals surface area contributed by atoms with Crippen molar-refractivity contribution in [3.05, 3.63) is 53.7 Å². The van der Waals surface area contributed by atoms with Crippen molar-refractivity contribution in [1.29, 1.82) is 5.26 Å². The quantitative estimate of drug-likeness (QED) is 0.847. The zero-order chi connectivity index (χ0) is 15.8. The van der Waals surface area contributed by atoms with Gasteiger partial charge >= 0.3 is 0 Å². The number of aromatic nitrogens is 1. The van der Waals surface area contributed by atoms with Gasteiger partial charge in [-0.1, -0.05) is 12.1 Å². The molecule has 0 bridgehead atoms. The Labute approximate surface area is 128 Å². The monoisotopic (exact) mass is 296 g/mol. The maximum absolute atomic E-state index is 11.2. The van der Waals surface area contributed by atoms with Crippen molar-refractivity contribution < 1.29 is 9.53 Å². The third kappa shape index (κ3) is 4.49. The summed E-state index contributed by atoms with van der Waals surface area (Å²) in [6.45, 7) is 0.556. The van der Waals surface area contributed by atoms with Crippen molar-refractivity contribution in [1.82, 2.24) is 10.3 Å². The van der Waals surface area contributed by atoms with Gasteiger partial charge in [0.15, 0.2) is 6.61 Å². The smallest absolute Gasteiger partial charge is 0.257 e. The van der Waals surface area contributed by atoms with E-state index in [-0.39, 0.29) is 12.5 Å². The van der Waals surface area contributed by atoms with E-state index >= 15 is 0 Å². The summed E-state index contributed by atoms with van der Waals surface area (Å²) in [6.07, 6.45) is 1.52. The predicted molar refractivity (Wildman–Crippen MR) is 82.3 cm³/mol. The molecule has 0 saturated carbocycles. The van der Waals surface area contributed by atoms with Crippen LogP contribution in [0.3, 0.4) is 0 Å². The second-order valence-corrected chi connectivity index (χ2v) is 4.51. The summed E-state index contributed by atoms with van der Waals surface area (Å²) in [7, 11) is 1.57. The van der Waals surface area contributed by atoms with Crippen LogP contribution >= 0.6 is 0 Å². The van der Waals surface area contributed by atoms with Crippen molar-refractivity contribution in [3.63, 3.8) is 0 Å². The molecule has 6 nitrogen and oxygen atoms in total. The minimum absolute atomic E-state index is 0.00937. The highest BCUT2D eigenvalue weighted by Gasteiger charge is 2.02. The highest BCUT2D eigenvalue weighted by molar-refractivity contribution is 5.77. The molecule has 0 spiro atoms. The zero-order valence-electron chi connectivity index (χ0n) is 12.2. The van der Waals surface area contributed by atoms with E-state index in [0.29, 0.717) is 23.7 Å². The van der Waals surface area contributed by atoms with E-state index in [2.05, 4.69) is 15.6 Å². The Hall–Kier alpha value is -3.07. The van der Waals surface area contributed by atoms with Gasteiger partial charge in [0.1, 0.15) is 17.6 Å². The number of amides is 1. The van der Waals surface area contributed by atoms with Crippen LogP contribution in [0.5, 0.6) is 5.75 Å². The fraction of sp³-hybridized carbons (Fsp3) is 0.188. The molecule has 0 aliphatic rings. The molecule has 1 amide bonds. The van der Waals surface area contributed by atoms with Crippen molar-refractivity contribution in [2.45, 2.75) is 6.54 Å². The van der Waals surface area contributed by atoms with Crippen LogP contribution < -0.4 is 15.4 Å². The van der Waals surface area contributed by atoms with Crippen LogP contribution in [0.1, 0.15) is 11.1 Å². The largest absolute Gasteiger partial charge is 0.484 e. The number of anilines is 1. The molecule has 2 N–H and O–H groups in total. The lowest BCUT2D eigenvalue weighted by molar-refractivity contribution is -0.122. The topological polar surface area (TPSA) is 87.0 Å². The third-order valence-electron chi connectivity index (χ3n) is 2.91. The molecular weight excluding hydrogens is 280 g/mol. The van der Waals surface area contributed by atoms with Crippen LogP contribution in [-0.2, 0) is 11.3 Å². The first-order valence-corrected chi connectivity index (χ1v) is 6.73. The number of rotatable bonds is 6. The molecule has 6 heteroatoms. The lowest BCUT2D eigenvalue weighted by Gasteiger charge is -2.09. The predicted octanol–water partition coefficient (Wildman–Crippen LogP) is 1.69. The molecular formula is C16H16N4O2. The first kappa shape index (κ1) is 15.3. The summed E-state index contributed by atoms with van der Waals surface area (Å²) in [5.74, 6) is 1.15. The molecule has 1 aromatic heterocycles. The van der Waals surface area contributed by atoms with Crippen LogP contribution in [0.2, 0.25) is 0 Å². The van der Waals surface area contributed by atoms with E-state index < -0.39 is 0 Å². The van der Waals surface area contributed by atoms with Gasteiger partial charge in [-0.15, -0.1) is 0 Å². The fourth-order valence-corrected chi connectivity index (χ4v) is 1.72. The maximum atomic E-state index is 11.2. The molecule has 0 aliphatic heterocycles. The number of nitrogens with zero attached hydrogens (tertiary/aromatic N) is 2. The highest BCUT2D eigenvalue weighted by atomic mass is 16.5. The first-order chi connectivity index (χ1) is 10.7. The summed E-state index contributed by atoms with van der Waals surface area (Å²) in [6, 6.07) is 13.0. The number of ether oxygens (including phenoxy) is 1. The van der Waals surface area contributed by atoms with Crippen molar-refractivity contribution in [3.8, 4) is 11.8 Å². The molecule has 0 saturated heterocycles. The second-order valence-electron chi connectivity index (χ2n) is 4.51. The molecule has 1 aromatic carbocycles. The van der Waals surface area contributed by atoms with E-state index in [1.165, 1.54) is 6.20 Å². The summed E-state index contributed by atoms with van der Waals surface area (Å²) >= 11 is 0. The Bertz CT molecular complexity index is 677. The Morgan fingerprint density at radius 1 is 1.36 bits per heavy atom. The number of carbonyl (C=O) groups is 1. The van der Waals surface area contributed by atoms with Crippen molar-refractivity contribution in [2.24, 2.45) is 0 Å². The van der Waals surface area contributed by atoms with Gasteiger partial charge in [0.05, 0.1) is 5.56 Å². The minimum atomic E-state index is -0.176. The van der Waals surface area contributed by atoms with Crippen LogP contribution in [0, 0.1) is 11.3 Å². The maximum Gasteiger partial charge on any atom is 0.257 e. The van der Waals surface area contributed by atoms with Gasteiger partial charge in [-0.3, -0.25) is 4.79 Å². The Balaban J connectivity index is 1.92. The number of nitrogens with one attached hydrogen (secondary N) is 2. The van der Waals surface area contributed by atoms with Crippen molar-refractivity contribution >= 4 is 11.7 Å². The summed E-state index contributed by atoms with van der Waals surface area (Å²) in [5.41, 5.74) is 1.52. The molecule has 2 aromatic rings. The minimum Gasteiger partial charge on any atom is -0.484 e.